The van der Waals surface area contributed by atoms with Gasteiger partial charge in [-0.15, -0.1) is 0 Å². The van der Waals surface area contributed by atoms with Crippen LogP contribution in [0.3, 0.4) is 0 Å². The summed E-state index contributed by atoms with van der Waals surface area (Å²) in [5, 5.41) is 11.1. The average Bonchev–Trinajstić information content (AvgIpc) is 3.24. The van der Waals surface area contributed by atoms with Crippen LogP contribution in [0, 0.1) is 0 Å². The van der Waals surface area contributed by atoms with Crippen molar-refractivity contribution in [1.82, 2.24) is 4.57 Å². The summed E-state index contributed by atoms with van der Waals surface area (Å²) < 4.78 is 13.1. The molecule has 3 N–H and O–H groups in total. The lowest BCUT2D eigenvalue weighted by Gasteiger charge is -2.24. The van der Waals surface area contributed by atoms with Crippen LogP contribution in [0.1, 0.15) is 37.9 Å². The Kier molecular flexibility index (Phi) is 3.74. The molecule has 6 nitrogen and oxygen atoms in total. The number of carbonyl (C=O) groups excluding carboxylic acids is 1. The number of primary amides is 1. The number of carbonyl (C=O) groups is 1. The zero-order valence-electron chi connectivity index (χ0n) is 16.6. The Hall–Kier alpha value is -2.99. The number of fused-ring (bicyclic) bond motifs is 2. The van der Waals surface area contributed by atoms with Crippen molar-refractivity contribution in [3.8, 4) is 17.2 Å². The maximum atomic E-state index is 12.0. The molecule has 5 rings (SSSR count). The van der Waals surface area contributed by atoms with Gasteiger partial charge in [0, 0.05) is 28.2 Å². The van der Waals surface area contributed by atoms with Crippen LogP contribution in [0.25, 0.3) is 16.6 Å². The fraction of sp³-hybridized carbons (Fsp3) is 0.348. The van der Waals surface area contributed by atoms with Crippen LogP contribution >= 0.6 is 0 Å². The van der Waals surface area contributed by atoms with Crippen molar-refractivity contribution >= 4 is 16.8 Å². The SMILES string of the molecule is CC(C)(CO)c1cc2cc(C3(C(N)=O)CC3)ccc2n1-c1ccc2c(c1)OCO2. The van der Waals surface area contributed by atoms with E-state index in [1.807, 2.05) is 44.2 Å². The first-order valence-corrected chi connectivity index (χ1v) is 9.83. The lowest BCUT2D eigenvalue weighted by molar-refractivity contribution is -0.120. The van der Waals surface area contributed by atoms with Gasteiger partial charge in [-0.25, -0.2) is 0 Å². The molecule has 1 aliphatic carbocycles. The maximum Gasteiger partial charge on any atom is 0.231 e. The molecule has 0 bridgehead atoms. The number of ether oxygens (including phenoxy) is 2. The molecule has 6 heteroatoms. The van der Waals surface area contributed by atoms with Gasteiger partial charge in [0.25, 0.3) is 0 Å². The number of nitrogens with two attached hydrogens (primary N) is 1. The highest BCUT2D eigenvalue weighted by Gasteiger charge is 2.50. The first-order valence-electron chi connectivity index (χ1n) is 9.83. The third-order valence-corrected chi connectivity index (χ3v) is 6.28. The van der Waals surface area contributed by atoms with E-state index in [2.05, 4.69) is 16.7 Å². The van der Waals surface area contributed by atoms with E-state index in [0.717, 1.165) is 46.4 Å². The summed E-state index contributed by atoms with van der Waals surface area (Å²) in [5.41, 5.74) is 8.57. The summed E-state index contributed by atoms with van der Waals surface area (Å²) in [6.45, 7) is 4.25. The maximum absolute atomic E-state index is 12.0. The molecular weight excluding hydrogens is 368 g/mol. The quantitative estimate of drug-likeness (QED) is 0.698. The zero-order valence-corrected chi connectivity index (χ0v) is 16.6. The van der Waals surface area contributed by atoms with Gasteiger partial charge in [-0.2, -0.15) is 0 Å². The number of hydrogen-bond donors (Lipinski definition) is 2. The van der Waals surface area contributed by atoms with E-state index >= 15 is 0 Å². The molecule has 2 aliphatic rings. The molecule has 0 radical (unpaired) electrons. The largest absolute Gasteiger partial charge is 0.454 e. The Balaban J connectivity index is 1.73. The minimum absolute atomic E-state index is 0.00591. The van der Waals surface area contributed by atoms with Crippen molar-refractivity contribution in [2.45, 2.75) is 37.5 Å². The van der Waals surface area contributed by atoms with Gasteiger partial charge in [0.2, 0.25) is 12.7 Å². The molecule has 0 atom stereocenters. The normalized spacial score (nSPS) is 16.9. The van der Waals surface area contributed by atoms with E-state index in [-0.39, 0.29) is 19.3 Å². The molecule has 1 aliphatic heterocycles. The van der Waals surface area contributed by atoms with Crippen molar-refractivity contribution in [3.63, 3.8) is 0 Å². The number of hydrogen-bond acceptors (Lipinski definition) is 4. The Morgan fingerprint density at radius 2 is 1.90 bits per heavy atom. The van der Waals surface area contributed by atoms with Crippen molar-refractivity contribution in [3.05, 3.63) is 53.7 Å². The van der Waals surface area contributed by atoms with Crippen LogP contribution in [0.4, 0.5) is 0 Å². The fourth-order valence-corrected chi connectivity index (χ4v) is 4.20. The number of aliphatic hydroxyl groups excluding tert-OH is 1. The molecule has 150 valence electrons. The summed E-state index contributed by atoms with van der Waals surface area (Å²) in [7, 11) is 0. The molecule has 0 unspecified atom stereocenters. The van der Waals surface area contributed by atoms with E-state index in [0.29, 0.717) is 5.75 Å². The highest BCUT2D eigenvalue weighted by atomic mass is 16.7. The van der Waals surface area contributed by atoms with Crippen LogP contribution in [0.5, 0.6) is 11.5 Å². The van der Waals surface area contributed by atoms with Crippen molar-refractivity contribution in [2.24, 2.45) is 5.73 Å². The second kappa shape index (κ2) is 6.00. The summed E-state index contributed by atoms with van der Waals surface area (Å²) in [4.78, 5) is 12.0. The molecule has 1 aromatic heterocycles. The molecule has 0 saturated heterocycles. The summed E-state index contributed by atoms with van der Waals surface area (Å²) in [5.74, 6) is 1.18. The lowest BCUT2D eigenvalue weighted by Crippen LogP contribution is -2.28. The first-order chi connectivity index (χ1) is 13.9. The van der Waals surface area contributed by atoms with Crippen LogP contribution < -0.4 is 15.2 Å². The van der Waals surface area contributed by atoms with Gasteiger partial charge in [-0.05, 0) is 48.7 Å². The molecular formula is C23H24N2O4. The van der Waals surface area contributed by atoms with Gasteiger partial charge in [0.1, 0.15) is 0 Å². The standard InChI is InChI=1S/C23H24N2O4/c1-22(2,12-26)20-10-14-9-15(23(7-8-23)21(24)27)3-5-17(14)25(20)16-4-6-18-19(11-16)29-13-28-18/h3-6,9-11,26H,7-8,12-13H2,1-2H3,(H2,24,27). The predicted octanol–water partition coefficient (Wildman–Crippen LogP) is 3.15. The number of benzene rings is 2. The van der Waals surface area contributed by atoms with E-state index in [1.165, 1.54) is 0 Å². The summed E-state index contributed by atoms with van der Waals surface area (Å²) in [6.07, 6.45) is 1.59. The highest BCUT2D eigenvalue weighted by Crippen LogP contribution is 2.49. The number of aliphatic hydroxyl groups is 1. The van der Waals surface area contributed by atoms with Gasteiger partial charge in [0.15, 0.2) is 11.5 Å². The molecule has 3 aromatic rings. The Morgan fingerprint density at radius 3 is 2.59 bits per heavy atom. The van der Waals surface area contributed by atoms with Crippen molar-refractivity contribution < 1.29 is 19.4 Å². The molecule has 29 heavy (non-hydrogen) atoms. The second-order valence-corrected chi connectivity index (χ2v) is 8.66. The third-order valence-electron chi connectivity index (χ3n) is 6.28. The Bertz CT molecular complexity index is 1140. The fourth-order valence-electron chi connectivity index (χ4n) is 4.20. The topological polar surface area (TPSA) is 86.7 Å². The minimum Gasteiger partial charge on any atom is -0.454 e. The Morgan fingerprint density at radius 1 is 1.14 bits per heavy atom. The van der Waals surface area contributed by atoms with E-state index in [9.17, 15) is 9.90 Å². The van der Waals surface area contributed by atoms with Gasteiger partial charge in [-0.3, -0.25) is 4.79 Å². The lowest BCUT2D eigenvalue weighted by atomic mass is 9.90. The molecule has 1 fully saturated rings. The van der Waals surface area contributed by atoms with Crippen molar-refractivity contribution in [2.75, 3.05) is 13.4 Å². The highest BCUT2D eigenvalue weighted by molar-refractivity contribution is 5.92. The van der Waals surface area contributed by atoms with Crippen LogP contribution in [0.2, 0.25) is 0 Å². The van der Waals surface area contributed by atoms with Crippen molar-refractivity contribution in [1.29, 1.82) is 0 Å². The van der Waals surface area contributed by atoms with Gasteiger partial charge >= 0.3 is 0 Å². The monoisotopic (exact) mass is 392 g/mol. The Labute approximate surface area is 168 Å². The predicted molar refractivity (Wildman–Crippen MR) is 110 cm³/mol. The van der Waals surface area contributed by atoms with E-state index in [4.69, 9.17) is 15.2 Å². The third kappa shape index (κ3) is 2.63. The van der Waals surface area contributed by atoms with E-state index in [1.54, 1.807) is 0 Å². The van der Waals surface area contributed by atoms with Crippen LogP contribution in [-0.2, 0) is 15.6 Å². The number of aromatic nitrogens is 1. The first kappa shape index (κ1) is 18.1. The molecule has 1 saturated carbocycles. The second-order valence-electron chi connectivity index (χ2n) is 8.66. The molecule has 2 heterocycles. The molecule has 1 amide bonds. The summed E-state index contributed by atoms with van der Waals surface area (Å²) >= 11 is 0. The smallest absolute Gasteiger partial charge is 0.231 e. The molecule has 0 spiro atoms. The van der Waals surface area contributed by atoms with Crippen LogP contribution in [-0.4, -0.2) is 29.0 Å². The number of rotatable bonds is 5. The zero-order chi connectivity index (χ0) is 20.4. The average molecular weight is 392 g/mol. The number of nitrogens with zero attached hydrogens (tertiary/aromatic N) is 1. The molecule has 2 aromatic carbocycles. The number of amides is 1. The minimum atomic E-state index is -0.526. The van der Waals surface area contributed by atoms with Gasteiger partial charge < -0.3 is 24.9 Å². The van der Waals surface area contributed by atoms with E-state index < -0.39 is 10.8 Å². The van der Waals surface area contributed by atoms with Crippen LogP contribution in [0.15, 0.2) is 42.5 Å². The van der Waals surface area contributed by atoms with Gasteiger partial charge in [0.05, 0.1) is 17.5 Å². The summed E-state index contributed by atoms with van der Waals surface area (Å²) in [6, 6.07) is 14.0. The van der Waals surface area contributed by atoms with Gasteiger partial charge in [-0.1, -0.05) is 19.9 Å².